The maximum atomic E-state index is 6.19. The van der Waals surface area contributed by atoms with E-state index in [0.29, 0.717) is 0 Å². The van der Waals surface area contributed by atoms with Crippen molar-refractivity contribution in [2.75, 3.05) is 41.4 Å². The first kappa shape index (κ1) is 24.7. The first-order valence-corrected chi connectivity index (χ1v) is 13.4. The van der Waals surface area contributed by atoms with E-state index in [1.165, 1.54) is 59.3 Å². The van der Waals surface area contributed by atoms with E-state index >= 15 is 0 Å². The van der Waals surface area contributed by atoms with Crippen LogP contribution in [0.5, 0.6) is 11.5 Å². The fourth-order valence-electron chi connectivity index (χ4n) is 7.93. The lowest BCUT2D eigenvalue weighted by Gasteiger charge is -2.43. The van der Waals surface area contributed by atoms with Crippen LogP contribution in [0, 0.1) is 6.92 Å². The van der Waals surface area contributed by atoms with Crippen LogP contribution in [0.15, 0.2) is 24.3 Å². The van der Waals surface area contributed by atoms with E-state index in [0.717, 1.165) is 28.8 Å². The van der Waals surface area contributed by atoms with Gasteiger partial charge in [0, 0.05) is 29.2 Å². The molecule has 0 N–H and O–H groups in total. The number of rotatable bonds is 3. The Morgan fingerprint density at radius 2 is 1.14 bits per heavy atom. The van der Waals surface area contributed by atoms with Crippen molar-refractivity contribution in [2.45, 2.75) is 88.9 Å². The number of ether oxygens (including phenoxy) is 2. The molecule has 1 atom stereocenters. The molecule has 1 fully saturated rings. The lowest BCUT2D eigenvalue weighted by molar-refractivity contribution is -0.896. The summed E-state index contributed by atoms with van der Waals surface area (Å²) in [6.07, 6.45) is 4.66. The van der Waals surface area contributed by atoms with Crippen molar-refractivity contribution in [3.05, 3.63) is 57.6 Å². The minimum absolute atomic E-state index is 0.00317. The van der Waals surface area contributed by atoms with Crippen LogP contribution < -0.4 is 9.47 Å². The average molecular weight is 477 g/mol. The Morgan fingerprint density at radius 3 is 1.66 bits per heavy atom. The van der Waals surface area contributed by atoms with Crippen molar-refractivity contribution < 1.29 is 14.0 Å². The Balaban J connectivity index is 1.72. The van der Waals surface area contributed by atoms with Gasteiger partial charge in [0.05, 0.1) is 41.4 Å². The maximum absolute atomic E-state index is 6.19. The number of hydrogen-bond donors (Lipinski definition) is 0. The van der Waals surface area contributed by atoms with E-state index < -0.39 is 0 Å². The van der Waals surface area contributed by atoms with Crippen LogP contribution in [-0.2, 0) is 21.7 Å². The lowest BCUT2D eigenvalue weighted by atomic mass is 9.71. The summed E-state index contributed by atoms with van der Waals surface area (Å²) >= 11 is 0. The Morgan fingerprint density at radius 1 is 0.657 bits per heavy atom. The van der Waals surface area contributed by atoms with Gasteiger partial charge in [-0.25, -0.2) is 0 Å². The molecule has 2 aromatic rings. The SMILES string of the molecule is COc1cc2c(cc1C)C(C)(C)CC21CC(C)(C)c2cc(C3(C)CC[N+](C)(C)CC3)c(OC)cc21. The zero-order chi connectivity index (χ0) is 25.6. The summed E-state index contributed by atoms with van der Waals surface area (Å²) in [6, 6.07) is 9.75. The Kier molecular flexibility index (Phi) is 5.29. The fourth-order valence-corrected chi connectivity index (χ4v) is 7.93. The number of nitrogens with zero attached hydrogens (tertiary/aromatic N) is 1. The summed E-state index contributed by atoms with van der Waals surface area (Å²) in [5, 5.41) is 0. The molecule has 0 aromatic heterocycles. The predicted molar refractivity (Wildman–Crippen MR) is 145 cm³/mol. The van der Waals surface area contributed by atoms with Gasteiger partial charge in [0.1, 0.15) is 11.5 Å². The third-order valence-corrected chi connectivity index (χ3v) is 10.0. The smallest absolute Gasteiger partial charge is 0.122 e. The molecular weight excluding hydrogens is 430 g/mol. The van der Waals surface area contributed by atoms with Gasteiger partial charge in [0.2, 0.25) is 0 Å². The quantitative estimate of drug-likeness (QED) is 0.454. The normalized spacial score (nSPS) is 26.9. The van der Waals surface area contributed by atoms with Gasteiger partial charge in [-0.3, -0.25) is 0 Å². The molecule has 2 aliphatic carbocycles. The van der Waals surface area contributed by atoms with Crippen molar-refractivity contribution in [1.82, 2.24) is 0 Å². The molecule has 5 rings (SSSR count). The summed E-state index contributed by atoms with van der Waals surface area (Å²) in [5.74, 6) is 2.09. The monoisotopic (exact) mass is 476 g/mol. The minimum atomic E-state index is -0.00317. The number of likely N-dealkylation sites (tertiary alicyclic amines) is 1. The van der Waals surface area contributed by atoms with E-state index in [2.05, 4.69) is 79.9 Å². The summed E-state index contributed by atoms with van der Waals surface area (Å²) in [6.45, 7) is 16.8. The first-order valence-electron chi connectivity index (χ1n) is 13.4. The summed E-state index contributed by atoms with van der Waals surface area (Å²) in [4.78, 5) is 0. The molecule has 0 amide bonds. The van der Waals surface area contributed by atoms with Gasteiger partial charge in [-0.1, -0.05) is 46.8 Å². The van der Waals surface area contributed by atoms with Crippen LogP contribution in [0.25, 0.3) is 0 Å². The molecule has 1 spiro atoms. The average Bonchev–Trinajstić information content (AvgIpc) is 3.13. The molecule has 35 heavy (non-hydrogen) atoms. The highest BCUT2D eigenvalue weighted by atomic mass is 16.5. The third kappa shape index (κ3) is 3.56. The highest BCUT2D eigenvalue weighted by Gasteiger charge is 2.57. The van der Waals surface area contributed by atoms with Gasteiger partial charge < -0.3 is 14.0 Å². The largest absolute Gasteiger partial charge is 0.496 e. The van der Waals surface area contributed by atoms with E-state index in [9.17, 15) is 0 Å². The van der Waals surface area contributed by atoms with Crippen LogP contribution in [0.3, 0.4) is 0 Å². The molecule has 3 aliphatic rings. The van der Waals surface area contributed by atoms with E-state index in [1.54, 1.807) is 7.11 Å². The van der Waals surface area contributed by atoms with Crippen LogP contribution in [0.1, 0.15) is 93.7 Å². The van der Waals surface area contributed by atoms with Gasteiger partial charge in [0.15, 0.2) is 0 Å². The van der Waals surface area contributed by atoms with Crippen molar-refractivity contribution in [2.24, 2.45) is 0 Å². The van der Waals surface area contributed by atoms with Crippen molar-refractivity contribution >= 4 is 0 Å². The van der Waals surface area contributed by atoms with Crippen molar-refractivity contribution in [3.63, 3.8) is 0 Å². The summed E-state index contributed by atoms with van der Waals surface area (Å²) in [5.41, 5.74) is 8.99. The van der Waals surface area contributed by atoms with Crippen molar-refractivity contribution in [3.8, 4) is 11.5 Å². The maximum Gasteiger partial charge on any atom is 0.122 e. The number of piperidine rings is 1. The zero-order valence-electron chi connectivity index (χ0n) is 23.8. The van der Waals surface area contributed by atoms with Crippen LogP contribution in [-0.4, -0.2) is 45.9 Å². The van der Waals surface area contributed by atoms with Crippen LogP contribution >= 0.6 is 0 Å². The highest BCUT2D eigenvalue weighted by molar-refractivity contribution is 5.64. The molecular formula is C32H46NO2+. The molecule has 0 bridgehead atoms. The van der Waals surface area contributed by atoms with Crippen LogP contribution in [0.2, 0.25) is 0 Å². The summed E-state index contributed by atoms with van der Waals surface area (Å²) < 4.78 is 13.1. The zero-order valence-corrected chi connectivity index (χ0v) is 23.8. The fraction of sp³-hybridized carbons (Fsp3) is 0.625. The molecule has 0 radical (unpaired) electrons. The lowest BCUT2D eigenvalue weighted by Crippen LogP contribution is -2.50. The molecule has 0 saturated carbocycles. The molecule has 1 heterocycles. The standard InChI is InChI=1S/C32H46NO2/c1-21-15-22-24(17-27(21)34-9)32(19-29(22,2)3)20-30(4,5)23-16-26(28(35-10)18-25(23)32)31(6)11-13-33(7,8)14-12-31/h15-18H,11-14,19-20H2,1-10H3/q+1. The number of fused-ring (bicyclic) bond motifs is 4. The number of hydrogen-bond acceptors (Lipinski definition) is 2. The van der Waals surface area contributed by atoms with E-state index in [1.807, 2.05) is 7.11 Å². The van der Waals surface area contributed by atoms with Gasteiger partial charge in [-0.05, 0) is 70.5 Å². The first-order chi connectivity index (χ1) is 16.2. The summed E-state index contributed by atoms with van der Waals surface area (Å²) in [7, 11) is 8.39. The van der Waals surface area contributed by atoms with E-state index in [4.69, 9.17) is 9.47 Å². The predicted octanol–water partition coefficient (Wildman–Crippen LogP) is 6.79. The van der Waals surface area contributed by atoms with Gasteiger partial charge in [-0.2, -0.15) is 0 Å². The minimum Gasteiger partial charge on any atom is -0.496 e. The van der Waals surface area contributed by atoms with Gasteiger partial charge >= 0.3 is 0 Å². The molecule has 1 aliphatic heterocycles. The molecule has 2 aromatic carbocycles. The molecule has 190 valence electrons. The molecule has 1 unspecified atom stereocenters. The second-order valence-electron chi connectivity index (χ2n) is 14.1. The number of methoxy groups -OCH3 is 2. The van der Waals surface area contributed by atoms with Gasteiger partial charge in [0.25, 0.3) is 0 Å². The molecule has 3 heteroatoms. The Hall–Kier alpha value is -2.00. The van der Waals surface area contributed by atoms with E-state index in [-0.39, 0.29) is 21.7 Å². The second kappa shape index (κ2) is 7.51. The second-order valence-corrected chi connectivity index (χ2v) is 14.1. The highest BCUT2D eigenvalue weighted by Crippen LogP contribution is 2.64. The van der Waals surface area contributed by atoms with Gasteiger partial charge in [-0.15, -0.1) is 0 Å². The number of aryl methyl sites for hydroxylation is 1. The third-order valence-electron chi connectivity index (χ3n) is 10.0. The molecule has 1 saturated heterocycles. The Bertz CT molecular complexity index is 1180. The topological polar surface area (TPSA) is 18.5 Å². The number of quaternary nitrogens is 1. The molecule has 3 nitrogen and oxygen atoms in total. The Labute approximate surface area is 213 Å². The number of benzene rings is 2. The van der Waals surface area contributed by atoms with Crippen molar-refractivity contribution in [1.29, 1.82) is 0 Å². The van der Waals surface area contributed by atoms with Crippen LogP contribution in [0.4, 0.5) is 0 Å².